The van der Waals surface area contributed by atoms with Gasteiger partial charge in [0.2, 0.25) is 0 Å². The summed E-state index contributed by atoms with van der Waals surface area (Å²) < 4.78 is 0. The number of nitrogens with one attached hydrogen (secondary N) is 2. The van der Waals surface area contributed by atoms with E-state index in [4.69, 9.17) is 0 Å². The summed E-state index contributed by atoms with van der Waals surface area (Å²) in [6.07, 6.45) is 5.68. The van der Waals surface area contributed by atoms with Crippen LogP contribution in [0.25, 0.3) is 11.0 Å². The molecule has 0 amide bonds. The Hall–Kier alpha value is -1.35. The Morgan fingerprint density at radius 3 is 3.19 bits per heavy atom. The highest BCUT2D eigenvalue weighted by molar-refractivity contribution is 5.75. The predicted octanol–water partition coefficient (Wildman–Crippen LogP) is 2.10. The van der Waals surface area contributed by atoms with Gasteiger partial charge in [0.25, 0.3) is 0 Å². The van der Waals surface area contributed by atoms with Crippen molar-refractivity contribution in [3.63, 3.8) is 0 Å². The molecule has 0 radical (unpaired) electrons. The van der Waals surface area contributed by atoms with Gasteiger partial charge >= 0.3 is 0 Å². The number of pyridine rings is 1. The Morgan fingerprint density at radius 2 is 2.31 bits per heavy atom. The normalized spacial score (nSPS) is 21.4. The third-order valence-corrected chi connectivity index (χ3v) is 3.36. The number of H-pyrrole nitrogens is 1. The van der Waals surface area contributed by atoms with E-state index in [-0.39, 0.29) is 0 Å². The minimum absolute atomic E-state index is 0.758. The molecule has 84 valence electrons. The van der Waals surface area contributed by atoms with E-state index in [9.17, 15) is 0 Å². The minimum Gasteiger partial charge on any atom is -0.346 e. The zero-order chi connectivity index (χ0) is 10.8. The first kappa shape index (κ1) is 9.85. The van der Waals surface area contributed by atoms with Crippen LogP contribution in [0.4, 0.5) is 0 Å². The molecule has 2 aromatic rings. The average Bonchev–Trinajstić information content (AvgIpc) is 2.77. The molecule has 16 heavy (non-hydrogen) atoms. The lowest BCUT2D eigenvalue weighted by molar-refractivity contribution is 0.374. The topological polar surface area (TPSA) is 40.7 Å². The van der Waals surface area contributed by atoms with Crippen molar-refractivity contribution in [3.05, 3.63) is 30.1 Å². The van der Waals surface area contributed by atoms with Gasteiger partial charge in [-0.05, 0) is 56.5 Å². The maximum absolute atomic E-state index is 4.65. The second-order valence-electron chi connectivity index (χ2n) is 4.63. The number of hydrogen-bond donors (Lipinski definition) is 2. The first-order valence-electron chi connectivity index (χ1n) is 6.05. The summed E-state index contributed by atoms with van der Waals surface area (Å²) in [5.74, 6) is 0.758. The van der Waals surface area contributed by atoms with E-state index in [1.54, 1.807) is 0 Å². The van der Waals surface area contributed by atoms with E-state index in [0.29, 0.717) is 0 Å². The van der Waals surface area contributed by atoms with E-state index >= 15 is 0 Å². The predicted molar refractivity (Wildman–Crippen MR) is 65.4 cm³/mol. The summed E-state index contributed by atoms with van der Waals surface area (Å²) in [7, 11) is 0. The van der Waals surface area contributed by atoms with Gasteiger partial charge in [0.15, 0.2) is 0 Å². The first-order valence-corrected chi connectivity index (χ1v) is 6.05. The highest BCUT2D eigenvalue weighted by atomic mass is 14.9. The number of aromatic amines is 1. The van der Waals surface area contributed by atoms with Crippen LogP contribution in [0.3, 0.4) is 0 Å². The Balaban J connectivity index is 1.77. The van der Waals surface area contributed by atoms with Crippen LogP contribution in [0.1, 0.15) is 18.5 Å². The fourth-order valence-electron chi connectivity index (χ4n) is 2.48. The molecule has 2 aromatic heterocycles. The third kappa shape index (κ3) is 1.95. The van der Waals surface area contributed by atoms with Crippen molar-refractivity contribution in [3.8, 4) is 0 Å². The van der Waals surface area contributed by atoms with Crippen molar-refractivity contribution in [1.29, 1.82) is 0 Å². The summed E-state index contributed by atoms with van der Waals surface area (Å²) in [5, 5.41) is 4.65. The molecular weight excluding hydrogens is 198 g/mol. The molecule has 1 saturated heterocycles. The molecule has 2 N–H and O–H groups in total. The number of fused-ring (bicyclic) bond motifs is 1. The van der Waals surface area contributed by atoms with Gasteiger partial charge in [-0.15, -0.1) is 0 Å². The lowest BCUT2D eigenvalue weighted by Gasteiger charge is -2.22. The highest BCUT2D eigenvalue weighted by Gasteiger charge is 2.14. The van der Waals surface area contributed by atoms with E-state index in [0.717, 1.165) is 24.5 Å². The standard InChI is InChI=1S/C13H17N3/c1-2-10(9-14-6-1)8-12-4-3-11-5-7-15-13(11)16-12/h3-5,7,10,14H,1-2,6,8-9H2,(H,15,16). The van der Waals surface area contributed by atoms with Crippen LogP contribution in [0.15, 0.2) is 24.4 Å². The van der Waals surface area contributed by atoms with Crippen LogP contribution < -0.4 is 5.32 Å². The van der Waals surface area contributed by atoms with Crippen LogP contribution in [0.2, 0.25) is 0 Å². The first-order chi connectivity index (χ1) is 7.92. The molecule has 0 spiro atoms. The highest BCUT2D eigenvalue weighted by Crippen LogP contribution is 2.17. The van der Waals surface area contributed by atoms with Gasteiger partial charge in [-0.3, -0.25) is 0 Å². The third-order valence-electron chi connectivity index (χ3n) is 3.36. The molecule has 3 rings (SSSR count). The van der Waals surface area contributed by atoms with Gasteiger partial charge in [-0.1, -0.05) is 0 Å². The minimum atomic E-state index is 0.758. The molecule has 3 heterocycles. The van der Waals surface area contributed by atoms with Crippen LogP contribution in [-0.2, 0) is 6.42 Å². The Morgan fingerprint density at radius 1 is 1.31 bits per heavy atom. The number of hydrogen-bond acceptors (Lipinski definition) is 2. The molecule has 0 aliphatic carbocycles. The molecule has 1 aliphatic heterocycles. The van der Waals surface area contributed by atoms with Crippen LogP contribution in [-0.4, -0.2) is 23.1 Å². The van der Waals surface area contributed by atoms with Gasteiger partial charge < -0.3 is 10.3 Å². The van der Waals surface area contributed by atoms with Gasteiger partial charge in [0, 0.05) is 17.3 Å². The average molecular weight is 215 g/mol. The zero-order valence-corrected chi connectivity index (χ0v) is 9.37. The van der Waals surface area contributed by atoms with Gasteiger partial charge in [-0.2, -0.15) is 0 Å². The molecule has 1 fully saturated rings. The quantitative estimate of drug-likeness (QED) is 0.805. The molecule has 0 aromatic carbocycles. The molecular formula is C13H17N3. The molecule has 3 heteroatoms. The fourth-order valence-corrected chi connectivity index (χ4v) is 2.48. The van der Waals surface area contributed by atoms with Gasteiger partial charge in [0.1, 0.15) is 5.65 Å². The number of piperidine rings is 1. The summed E-state index contributed by atoms with van der Waals surface area (Å²) in [4.78, 5) is 7.82. The molecule has 0 bridgehead atoms. The maximum atomic E-state index is 4.65. The summed E-state index contributed by atoms with van der Waals surface area (Å²) in [6, 6.07) is 6.38. The lowest BCUT2D eigenvalue weighted by Crippen LogP contribution is -2.31. The molecule has 1 atom stereocenters. The maximum Gasteiger partial charge on any atom is 0.137 e. The molecule has 0 saturated carbocycles. The van der Waals surface area contributed by atoms with Gasteiger partial charge in [0.05, 0.1) is 0 Å². The Labute approximate surface area is 95.3 Å². The number of aromatic nitrogens is 2. The molecule has 1 aliphatic rings. The number of nitrogens with zero attached hydrogens (tertiary/aromatic N) is 1. The summed E-state index contributed by atoms with van der Waals surface area (Å²) >= 11 is 0. The van der Waals surface area contributed by atoms with Crippen molar-refractivity contribution in [2.45, 2.75) is 19.3 Å². The summed E-state index contributed by atoms with van der Waals surface area (Å²) in [5.41, 5.74) is 2.23. The van der Waals surface area contributed by atoms with Gasteiger partial charge in [-0.25, -0.2) is 4.98 Å². The van der Waals surface area contributed by atoms with Crippen molar-refractivity contribution in [1.82, 2.24) is 15.3 Å². The van der Waals surface area contributed by atoms with Crippen molar-refractivity contribution in [2.75, 3.05) is 13.1 Å². The van der Waals surface area contributed by atoms with Crippen molar-refractivity contribution < 1.29 is 0 Å². The fraction of sp³-hybridized carbons (Fsp3) is 0.462. The summed E-state index contributed by atoms with van der Waals surface area (Å²) in [6.45, 7) is 2.32. The van der Waals surface area contributed by atoms with E-state index in [2.05, 4.69) is 33.5 Å². The molecule has 3 nitrogen and oxygen atoms in total. The monoisotopic (exact) mass is 215 g/mol. The smallest absolute Gasteiger partial charge is 0.137 e. The lowest BCUT2D eigenvalue weighted by atomic mass is 9.94. The van der Waals surface area contributed by atoms with E-state index in [1.807, 2.05) is 6.20 Å². The van der Waals surface area contributed by atoms with E-state index in [1.165, 1.54) is 30.5 Å². The Bertz CT molecular complexity index is 469. The Kier molecular flexibility index (Phi) is 2.62. The van der Waals surface area contributed by atoms with Crippen molar-refractivity contribution in [2.24, 2.45) is 5.92 Å². The SMILES string of the molecule is c1cc2ccc(CC3CCCNC3)nc2[nH]1. The van der Waals surface area contributed by atoms with E-state index < -0.39 is 0 Å². The number of rotatable bonds is 2. The molecule has 1 unspecified atom stereocenters. The van der Waals surface area contributed by atoms with Crippen LogP contribution in [0.5, 0.6) is 0 Å². The second kappa shape index (κ2) is 4.26. The van der Waals surface area contributed by atoms with Crippen LogP contribution in [0, 0.1) is 5.92 Å². The van der Waals surface area contributed by atoms with Crippen molar-refractivity contribution >= 4 is 11.0 Å². The largest absolute Gasteiger partial charge is 0.346 e. The second-order valence-corrected chi connectivity index (χ2v) is 4.63. The zero-order valence-electron chi connectivity index (χ0n) is 9.37. The van der Waals surface area contributed by atoms with Crippen LogP contribution >= 0.6 is 0 Å².